The molecule has 0 radical (unpaired) electrons. The molecule has 2 nitrogen and oxygen atoms in total. The third-order valence-corrected chi connectivity index (χ3v) is 1.73. The summed E-state index contributed by atoms with van der Waals surface area (Å²) in [5.74, 6) is 1.41. The third kappa shape index (κ3) is 8.24. The van der Waals surface area contributed by atoms with E-state index >= 15 is 0 Å². The molecule has 0 saturated heterocycles. The molecule has 0 saturated carbocycles. The number of nitrogens with zero attached hydrogens (tertiary/aromatic N) is 2. The topological polar surface area (TPSA) is 12.4 Å². The van der Waals surface area contributed by atoms with Crippen LogP contribution in [0, 0.1) is 11.8 Å². The number of rotatable bonds is 5. The van der Waals surface area contributed by atoms with Crippen LogP contribution in [0.4, 0.5) is 0 Å². The highest BCUT2D eigenvalue weighted by atomic mass is 15.6. The maximum absolute atomic E-state index is 4.74. The van der Waals surface area contributed by atoms with Crippen molar-refractivity contribution in [1.82, 2.24) is 0 Å². The average Bonchev–Trinajstić information content (AvgIpc) is 1.77. The maximum atomic E-state index is 4.74. The van der Waals surface area contributed by atoms with Crippen LogP contribution in [-0.4, -0.2) is 31.4 Å². The lowest BCUT2D eigenvalue weighted by Crippen LogP contribution is -2.29. The Kier molecular flexibility index (Phi) is 5.35. The predicted octanol–water partition coefficient (Wildman–Crippen LogP) is 3.14. The van der Waals surface area contributed by atoms with Gasteiger partial charge in [-0.25, -0.2) is 4.59 Å². The molecule has 2 heteroatoms. The van der Waals surface area contributed by atoms with Gasteiger partial charge in [-0.05, 0) is 24.7 Å². The normalized spacial score (nSPS) is 12.4. The average molecular weight is 199 g/mol. The number of hydrogen-bond acceptors (Lipinski definition) is 1. The molecule has 0 heterocycles. The maximum Gasteiger partial charge on any atom is 0.0923 e. The molecule has 0 fully saturated rings. The molecule has 0 aromatic heterocycles. The Morgan fingerprint density at radius 2 is 1.29 bits per heavy atom. The first-order chi connectivity index (χ1) is 6.20. The first-order valence-corrected chi connectivity index (χ1v) is 5.60. The summed E-state index contributed by atoms with van der Waals surface area (Å²) in [6, 6.07) is 0. The van der Waals surface area contributed by atoms with Gasteiger partial charge in [0, 0.05) is 0 Å². The molecule has 0 aliphatic heterocycles. The molecule has 0 spiro atoms. The van der Waals surface area contributed by atoms with Crippen LogP contribution in [0.2, 0.25) is 0 Å². The highest BCUT2D eigenvalue weighted by molar-refractivity contribution is 5.84. The molecule has 0 aliphatic carbocycles. The summed E-state index contributed by atoms with van der Waals surface area (Å²) in [5.41, 5.74) is 1.36. The van der Waals surface area contributed by atoms with Gasteiger partial charge in [0.15, 0.2) is 0 Å². The second-order valence-corrected chi connectivity index (χ2v) is 5.80. The van der Waals surface area contributed by atoms with E-state index in [9.17, 15) is 0 Å². The highest BCUT2D eigenvalue weighted by Gasteiger charge is 2.12. The lowest BCUT2D eigenvalue weighted by Gasteiger charge is -2.19. The Hall–Kier alpha value is -0.370. The smallest absolute Gasteiger partial charge is 0.0923 e. The van der Waals surface area contributed by atoms with E-state index in [1.54, 1.807) is 0 Å². The zero-order chi connectivity index (χ0) is 11.4. The monoisotopic (exact) mass is 199 g/mol. The second-order valence-electron chi connectivity index (χ2n) is 5.80. The van der Waals surface area contributed by atoms with Crippen LogP contribution in [-0.2, 0) is 0 Å². The summed E-state index contributed by atoms with van der Waals surface area (Å²) in [6.07, 6.45) is 2.27. The van der Waals surface area contributed by atoms with E-state index in [-0.39, 0.29) is 0 Å². The summed E-state index contributed by atoms with van der Waals surface area (Å²) in [5, 5.41) is 4.74. The van der Waals surface area contributed by atoms with Gasteiger partial charge in [-0.2, -0.15) is 0 Å². The van der Waals surface area contributed by atoms with E-state index in [0.29, 0.717) is 16.4 Å². The molecule has 0 unspecified atom stereocenters. The summed E-state index contributed by atoms with van der Waals surface area (Å²) >= 11 is 0. The van der Waals surface area contributed by atoms with Crippen LogP contribution < -0.4 is 0 Å². The van der Waals surface area contributed by atoms with Crippen LogP contribution in [0.3, 0.4) is 0 Å². The van der Waals surface area contributed by atoms with E-state index < -0.39 is 0 Å². The van der Waals surface area contributed by atoms with Gasteiger partial charge in [0.25, 0.3) is 0 Å². The van der Waals surface area contributed by atoms with Crippen LogP contribution in [0.25, 0.3) is 0 Å². The minimum Gasteiger partial charge on any atom is -0.205 e. The lowest BCUT2D eigenvalue weighted by atomic mass is 9.99. The number of hydrogen-bond donors (Lipinski definition) is 0. The standard InChI is InChI=1S/C12H27N2/c1-10(2)8-12(9-11(3)4)13-14(5,6)7/h10-11H,8-9H2,1-7H3/q+1. The summed E-state index contributed by atoms with van der Waals surface area (Å²) < 4.78 is 0.689. The van der Waals surface area contributed by atoms with Crippen molar-refractivity contribution in [2.24, 2.45) is 16.9 Å². The minimum atomic E-state index is 0.689. The molecule has 0 aromatic rings. The number of quaternary nitrogens is 1. The van der Waals surface area contributed by atoms with E-state index in [1.807, 2.05) is 0 Å². The first kappa shape index (κ1) is 13.6. The summed E-state index contributed by atoms with van der Waals surface area (Å²) in [6.45, 7) is 9.02. The van der Waals surface area contributed by atoms with Crippen molar-refractivity contribution in [2.45, 2.75) is 40.5 Å². The van der Waals surface area contributed by atoms with Gasteiger partial charge in [-0.15, -0.1) is 0 Å². The summed E-state index contributed by atoms with van der Waals surface area (Å²) in [4.78, 5) is 0. The molecular formula is C12H27N2+. The first-order valence-electron chi connectivity index (χ1n) is 5.60. The van der Waals surface area contributed by atoms with Crippen molar-refractivity contribution in [1.29, 1.82) is 0 Å². The van der Waals surface area contributed by atoms with Crippen LogP contribution >= 0.6 is 0 Å². The Labute approximate surface area is 89.6 Å². The van der Waals surface area contributed by atoms with Crippen molar-refractivity contribution in [3.8, 4) is 0 Å². The van der Waals surface area contributed by atoms with Crippen molar-refractivity contribution >= 4 is 5.71 Å². The fraction of sp³-hybridized carbons (Fsp3) is 0.917. The summed E-state index contributed by atoms with van der Waals surface area (Å²) in [7, 11) is 6.34. The molecule has 0 aromatic carbocycles. The SMILES string of the molecule is CC(C)CC(CC(C)C)=N[N+](C)(C)C. The zero-order valence-electron chi connectivity index (χ0n) is 11.0. The van der Waals surface area contributed by atoms with Gasteiger partial charge in [0.2, 0.25) is 0 Å². The molecule has 0 bridgehead atoms. The fourth-order valence-electron chi connectivity index (χ4n) is 1.53. The Bertz CT molecular complexity index is 173. The lowest BCUT2D eigenvalue weighted by molar-refractivity contribution is -0.877. The van der Waals surface area contributed by atoms with Crippen LogP contribution in [0.5, 0.6) is 0 Å². The molecule has 0 aliphatic rings. The molecule has 0 rings (SSSR count). The van der Waals surface area contributed by atoms with Gasteiger partial charge in [0.1, 0.15) is 0 Å². The van der Waals surface area contributed by atoms with E-state index in [2.05, 4.69) is 48.8 Å². The Morgan fingerprint density at radius 1 is 0.929 bits per heavy atom. The molecular weight excluding hydrogens is 172 g/mol. The van der Waals surface area contributed by atoms with Gasteiger partial charge in [-0.1, -0.05) is 32.8 Å². The Morgan fingerprint density at radius 3 is 1.50 bits per heavy atom. The van der Waals surface area contributed by atoms with Crippen molar-refractivity contribution in [3.63, 3.8) is 0 Å². The molecule has 14 heavy (non-hydrogen) atoms. The molecule has 0 N–H and O–H groups in total. The van der Waals surface area contributed by atoms with Crippen molar-refractivity contribution in [3.05, 3.63) is 0 Å². The quantitative estimate of drug-likeness (QED) is 0.366. The van der Waals surface area contributed by atoms with Crippen molar-refractivity contribution < 1.29 is 4.59 Å². The van der Waals surface area contributed by atoms with Crippen molar-refractivity contribution in [2.75, 3.05) is 21.1 Å². The molecule has 84 valence electrons. The van der Waals surface area contributed by atoms with Gasteiger partial charge in [-0.3, -0.25) is 0 Å². The van der Waals surface area contributed by atoms with E-state index in [1.165, 1.54) is 5.71 Å². The second kappa shape index (κ2) is 5.50. The van der Waals surface area contributed by atoms with Gasteiger partial charge >= 0.3 is 0 Å². The fourth-order valence-corrected chi connectivity index (χ4v) is 1.53. The van der Waals surface area contributed by atoms with E-state index in [0.717, 1.165) is 12.8 Å². The van der Waals surface area contributed by atoms with Crippen LogP contribution in [0.15, 0.2) is 5.10 Å². The predicted molar refractivity (Wildman–Crippen MR) is 64.4 cm³/mol. The molecule has 0 amide bonds. The Balaban J connectivity index is 4.47. The highest BCUT2D eigenvalue weighted by Crippen LogP contribution is 2.12. The van der Waals surface area contributed by atoms with Crippen LogP contribution in [0.1, 0.15) is 40.5 Å². The largest absolute Gasteiger partial charge is 0.205 e. The minimum absolute atomic E-state index is 0.689. The van der Waals surface area contributed by atoms with E-state index in [4.69, 9.17) is 5.10 Å². The third-order valence-electron chi connectivity index (χ3n) is 1.73. The molecule has 0 atom stereocenters. The van der Waals surface area contributed by atoms with Gasteiger partial charge < -0.3 is 0 Å². The zero-order valence-corrected chi connectivity index (χ0v) is 11.0. The van der Waals surface area contributed by atoms with Gasteiger partial charge in [0.05, 0.1) is 26.9 Å².